The first-order valence-electron chi connectivity index (χ1n) is 7.91. The molecule has 0 spiro atoms. The standard InChI is InChI=1S/C17H25FN2O/c1-14(12-15-6-8-16(18)9-7-15)19-13-17(21)20-10-4-2-3-5-11-20/h6-9,14,19H,2-5,10-13H2,1H3. The number of rotatable bonds is 5. The second kappa shape index (κ2) is 8.13. The van der Waals surface area contributed by atoms with E-state index in [2.05, 4.69) is 12.2 Å². The monoisotopic (exact) mass is 292 g/mol. The van der Waals surface area contributed by atoms with Gasteiger partial charge in [-0.25, -0.2) is 4.39 Å². The number of benzene rings is 1. The summed E-state index contributed by atoms with van der Waals surface area (Å²) in [4.78, 5) is 14.1. The zero-order valence-corrected chi connectivity index (χ0v) is 12.8. The third kappa shape index (κ3) is 5.46. The minimum atomic E-state index is -0.212. The Balaban J connectivity index is 1.73. The van der Waals surface area contributed by atoms with Crippen LogP contribution in [0.1, 0.15) is 38.2 Å². The van der Waals surface area contributed by atoms with Gasteiger partial charge in [-0.3, -0.25) is 4.79 Å². The largest absolute Gasteiger partial charge is 0.342 e. The zero-order chi connectivity index (χ0) is 15.1. The van der Waals surface area contributed by atoms with Gasteiger partial charge in [0.1, 0.15) is 5.82 Å². The van der Waals surface area contributed by atoms with Crippen LogP contribution in [-0.4, -0.2) is 36.5 Å². The van der Waals surface area contributed by atoms with Gasteiger partial charge in [0.15, 0.2) is 0 Å². The topological polar surface area (TPSA) is 32.3 Å². The molecule has 4 heteroatoms. The molecule has 1 unspecified atom stereocenters. The lowest BCUT2D eigenvalue weighted by Crippen LogP contribution is -2.41. The van der Waals surface area contributed by atoms with Crippen molar-refractivity contribution in [2.45, 2.75) is 45.1 Å². The molecule has 1 heterocycles. The molecule has 0 aromatic heterocycles. The van der Waals surface area contributed by atoms with Crippen LogP contribution in [0.4, 0.5) is 4.39 Å². The summed E-state index contributed by atoms with van der Waals surface area (Å²) in [5, 5.41) is 3.28. The normalized spacial score (nSPS) is 17.3. The van der Waals surface area contributed by atoms with Gasteiger partial charge in [0.2, 0.25) is 5.91 Å². The molecule has 116 valence electrons. The Hall–Kier alpha value is -1.42. The van der Waals surface area contributed by atoms with Crippen LogP contribution in [0, 0.1) is 5.82 Å². The SMILES string of the molecule is CC(Cc1ccc(F)cc1)NCC(=O)N1CCCCCC1. The van der Waals surface area contributed by atoms with Crippen molar-refractivity contribution in [3.8, 4) is 0 Å². The highest BCUT2D eigenvalue weighted by Gasteiger charge is 2.15. The molecule has 1 aliphatic heterocycles. The highest BCUT2D eigenvalue weighted by atomic mass is 19.1. The zero-order valence-electron chi connectivity index (χ0n) is 12.8. The number of carbonyl (C=O) groups excluding carboxylic acids is 1. The minimum Gasteiger partial charge on any atom is -0.342 e. The van der Waals surface area contributed by atoms with Gasteiger partial charge in [-0.1, -0.05) is 25.0 Å². The average Bonchev–Trinajstić information content (AvgIpc) is 2.76. The first-order chi connectivity index (χ1) is 10.1. The number of amides is 1. The number of hydrogen-bond acceptors (Lipinski definition) is 2. The van der Waals surface area contributed by atoms with E-state index in [1.54, 1.807) is 12.1 Å². The summed E-state index contributed by atoms with van der Waals surface area (Å²) in [6.45, 7) is 4.24. The van der Waals surface area contributed by atoms with E-state index in [1.807, 2.05) is 4.90 Å². The van der Waals surface area contributed by atoms with E-state index >= 15 is 0 Å². The van der Waals surface area contributed by atoms with Gasteiger partial charge in [-0.15, -0.1) is 0 Å². The second-order valence-corrected chi connectivity index (χ2v) is 5.91. The first kappa shape index (κ1) is 16.0. The Kier molecular flexibility index (Phi) is 6.18. The van der Waals surface area contributed by atoms with Gasteiger partial charge in [-0.2, -0.15) is 0 Å². The minimum absolute atomic E-state index is 0.197. The summed E-state index contributed by atoms with van der Waals surface area (Å²) in [5.41, 5.74) is 1.08. The number of nitrogens with one attached hydrogen (secondary N) is 1. The van der Waals surface area contributed by atoms with Gasteiger partial charge in [0, 0.05) is 19.1 Å². The Labute approximate surface area is 126 Å². The molecule has 2 rings (SSSR count). The van der Waals surface area contributed by atoms with E-state index in [-0.39, 0.29) is 17.8 Å². The Bertz CT molecular complexity index is 439. The van der Waals surface area contributed by atoms with Crippen molar-refractivity contribution in [1.82, 2.24) is 10.2 Å². The van der Waals surface area contributed by atoms with Crippen molar-refractivity contribution in [3.63, 3.8) is 0 Å². The molecule has 1 saturated heterocycles. The van der Waals surface area contributed by atoms with Gasteiger partial charge >= 0.3 is 0 Å². The van der Waals surface area contributed by atoms with E-state index in [0.29, 0.717) is 6.54 Å². The number of carbonyl (C=O) groups is 1. The highest BCUT2D eigenvalue weighted by Crippen LogP contribution is 2.10. The number of hydrogen-bond donors (Lipinski definition) is 1. The molecule has 21 heavy (non-hydrogen) atoms. The van der Waals surface area contributed by atoms with Crippen LogP contribution < -0.4 is 5.32 Å². The van der Waals surface area contributed by atoms with Crippen LogP contribution in [0.3, 0.4) is 0 Å². The van der Waals surface area contributed by atoms with Crippen LogP contribution in [0.2, 0.25) is 0 Å². The summed E-state index contributed by atoms with van der Waals surface area (Å²) < 4.78 is 12.9. The lowest BCUT2D eigenvalue weighted by Gasteiger charge is -2.22. The molecule has 0 aliphatic carbocycles. The summed E-state index contributed by atoms with van der Waals surface area (Å²) in [6.07, 6.45) is 5.51. The van der Waals surface area contributed by atoms with E-state index in [1.165, 1.54) is 25.0 Å². The maximum absolute atomic E-state index is 12.9. The molecule has 1 amide bonds. The van der Waals surface area contributed by atoms with Crippen molar-refractivity contribution < 1.29 is 9.18 Å². The molecule has 1 aliphatic rings. The first-order valence-corrected chi connectivity index (χ1v) is 7.91. The predicted octanol–water partition coefficient (Wildman–Crippen LogP) is 2.75. The molecular formula is C17H25FN2O. The smallest absolute Gasteiger partial charge is 0.236 e. The fourth-order valence-corrected chi connectivity index (χ4v) is 2.74. The van der Waals surface area contributed by atoms with Gasteiger partial charge in [0.25, 0.3) is 0 Å². The van der Waals surface area contributed by atoms with Crippen molar-refractivity contribution in [3.05, 3.63) is 35.6 Å². The van der Waals surface area contributed by atoms with E-state index in [0.717, 1.165) is 37.9 Å². The lowest BCUT2D eigenvalue weighted by atomic mass is 10.1. The quantitative estimate of drug-likeness (QED) is 0.905. The van der Waals surface area contributed by atoms with Gasteiger partial charge < -0.3 is 10.2 Å². The van der Waals surface area contributed by atoms with Crippen LogP contribution in [0.15, 0.2) is 24.3 Å². The number of halogens is 1. The maximum Gasteiger partial charge on any atom is 0.236 e. The Morgan fingerprint density at radius 3 is 2.43 bits per heavy atom. The van der Waals surface area contributed by atoms with Crippen molar-refractivity contribution >= 4 is 5.91 Å². The molecule has 0 saturated carbocycles. The third-order valence-corrected chi connectivity index (χ3v) is 4.02. The van der Waals surface area contributed by atoms with E-state index < -0.39 is 0 Å². The number of nitrogens with zero attached hydrogens (tertiary/aromatic N) is 1. The van der Waals surface area contributed by atoms with Crippen LogP contribution >= 0.6 is 0 Å². The molecule has 0 bridgehead atoms. The van der Waals surface area contributed by atoms with Crippen molar-refractivity contribution in [1.29, 1.82) is 0 Å². The predicted molar refractivity (Wildman–Crippen MR) is 82.6 cm³/mol. The molecule has 1 N–H and O–H groups in total. The van der Waals surface area contributed by atoms with Crippen molar-refractivity contribution in [2.24, 2.45) is 0 Å². The van der Waals surface area contributed by atoms with Gasteiger partial charge in [-0.05, 0) is 43.9 Å². The molecule has 3 nitrogen and oxygen atoms in total. The molecule has 1 fully saturated rings. The summed E-state index contributed by atoms with van der Waals surface area (Å²) in [6, 6.07) is 6.75. The lowest BCUT2D eigenvalue weighted by molar-refractivity contribution is -0.130. The molecule has 0 radical (unpaired) electrons. The van der Waals surface area contributed by atoms with Gasteiger partial charge in [0.05, 0.1) is 6.54 Å². The Morgan fingerprint density at radius 1 is 1.19 bits per heavy atom. The highest BCUT2D eigenvalue weighted by molar-refractivity contribution is 5.78. The third-order valence-electron chi connectivity index (χ3n) is 4.02. The van der Waals surface area contributed by atoms with E-state index in [4.69, 9.17) is 0 Å². The molecule has 1 atom stereocenters. The van der Waals surface area contributed by atoms with Crippen LogP contribution in [-0.2, 0) is 11.2 Å². The molecular weight excluding hydrogens is 267 g/mol. The fraction of sp³-hybridized carbons (Fsp3) is 0.588. The maximum atomic E-state index is 12.9. The average molecular weight is 292 g/mol. The summed E-state index contributed by atoms with van der Waals surface area (Å²) >= 11 is 0. The van der Waals surface area contributed by atoms with E-state index in [9.17, 15) is 9.18 Å². The molecule has 1 aromatic carbocycles. The second-order valence-electron chi connectivity index (χ2n) is 5.91. The molecule has 1 aromatic rings. The number of likely N-dealkylation sites (tertiary alicyclic amines) is 1. The van der Waals surface area contributed by atoms with Crippen LogP contribution in [0.5, 0.6) is 0 Å². The van der Waals surface area contributed by atoms with Crippen LogP contribution in [0.25, 0.3) is 0 Å². The van der Waals surface area contributed by atoms with Crippen molar-refractivity contribution in [2.75, 3.05) is 19.6 Å². The summed E-state index contributed by atoms with van der Waals surface area (Å²) in [5.74, 6) is -0.0152. The summed E-state index contributed by atoms with van der Waals surface area (Å²) in [7, 11) is 0. The fourth-order valence-electron chi connectivity index (χ4n) is 2.74. The Morgan fingerprint density at radius 2 is 1.81 bits per heavy atom.